The molecule has 0 radical (unpaired) electrons. The second-order valence-corrected chi connectivity index (χ2v) is 5.30. The lowest BCUT2D eigenvalue weighted by atomic mass is 10.1. The van der Waals surface area contributed by atoms with Crippen LogP contribution in [-0.2, 0) is 6.42 Å². The van der Waals surface area contributed by atoms with Crippen LogP contribution in [0.3, 0.4) is 0 Å². The molecule has 1 aliphatic rings. The number of anilines is 2. The van der Waals surface area contributed by atoms with E-state index in [2.05, 4.69) is 0 Å². The predicted molar refractivity (Wildman–Crippen MR) is 84.0 cm³/mol. The van der Waals surface area contributed by atoms with Crippen LogP contribution in [0.5, 0.6) is 5.75 Å². The van der Waals surface area contributed by atoms with Gasteiger partial charge < -0.3 is 15.4 Å². The highest BCUT2D eigenvalue weighted by Crippen LogP contribution is 2.32. The van der Waals surface area contributed by atoms with Crippen molar-refractivity contribution in [3.63, 3.8) is 0 Å². The van der Waals surface area contributed by atoms with E-state index in [4.69, 9.17) is 10.5 Å². The summed E-state index contributed by atoms with van der Waals surface area (Å²) in [4.78, 5) is 14.6. The summed E-state index contributed by atoms with van der Waals surface area (Å²) in [6.07, 6.45) is 0.834. The number of nitrogens with zero attached hydrogens (tertiary/aromatic N) is 1. The Hall–Kier alpha value is -2.49. The maximum absolute atomic E-state index is 12.8. The molecule has 1 aliphatic heterocycles. The van der Waals surface area contributed by atoms with Crippen molar-refractivity contribution in [3.05, 3.63) is 53.1 Å². The summed E-state index contributed by atoms with van der Waals surface area (Å²) in [5, 5.41) is 0. The van der Waals surface area contributed by atoms with Gasteiger partial charge in [-0.15, -0.1) is 0 Å². The largest absolute Gasteiger partial charge is 0.496 e. The molecule has 0 fully saturated rings. The lowest BCUT2D eigenvalue weighted by molar-refractivity contribution is 0.0986. The third kappa shape index (κ3) is 2.33. The summed E-state index contributed by atoms with van der Waals surface area (Å²) in [6, 6.07) is 11.3. The lowest BCUT2D eigenvalue weighted by Gasteiger charge is -2.19. The minimum absolute atomic E-state index is 0.0286. The number of amides is 1. The zero-order valence-corrected chi connectivity index (χ0v) is 12.2. The van der Waals surface area contributed by atoms with E-state index in [1.807, 2.05) is 43.3 Å². The van der Waals surface area contributed by atoms with Gasteiger partial charge in [0.2, 0.25) is 0 Å². The molecule has 0 aliphatic carbocycles. The maximum atomic E-state index is 12.8. The molecule has 0 atom stereocenters. The molecular formula is C17H18N2O2. The van der Waals surface area contributed by atoms with Crippen LogP contribution in [0.1, 0.15) is 21.5 Å². The van der Waals surface area contributed by atoms with E-state index in [1.165, 1.54) is 0 Å². The molecule has 4 heteroatoms. The number of benzene rings is 2. The number of carbonyl (C=O) groups is 1. The Morgan fingerprint density at radius 3 is 2.81 bits per heavy atom. The fourth-order valence-corrected chi connectivity index (χ4v) is 2.77. The topological polar surface area (TPSA) is 55.6 Å². The smallest absolute Gasteiger partial charge is 0.262 e. The Kier molecular flexibility index (Phi) is 3.29. The van der Waals surface area contributed by atoms with E-state index in [0.717, 1.165) is 28.9 Å². The van der Waals surface area contributed by atoms with Crippen LogP contribution in [0, 0.1) is 6.92 Å². The SMILES string of the molecule is COc1ccc(C)cc1C(=O)N1CCc2cc(N)ccc21. The van der Waals surface area contributed by atoms with Crippen molar-refractivity contribution in [2.45, 2.75) is 13.3 Å². The highest BCUT2D eigenvalue weighted by atomic mass is 16.5. The standard InChI is InChI=1S/C17H18N2O2/c1-11-3-6-16(21-2)14(9-11)17(20)19-8-7-12-10-13(18)4-5-15(12)19/h3-6,9-10H,7-8,18H2,1-2H3. The summed E-state index contributed by atoms with van der Waals surface area (Å²) in [5.74, 6) is 0.577. The maximum Gasteiger partial charge on any atom is 0.262 e. The molecule has 0 bridgehead atoms. The van der Waals surface area contributed by atoms with Crippen LogP contribution in [0.25, 0.3) is 0 Å². The fourth-order valence-electron chi connectivity index (χ4n) is 2.77. The van der Waals surface area contributed by atoms with Crippen molar-refractivity contribution in [1.29, 1.82) is 0 Å². The number of ether oxygens (including phenoxy) is 1. The van der Waals surface area contributed by atoms with E-state index in [0.29, 0.717) is 17.9 Å². The van der Waals surface area contributed by atoms with Gasteiger partial charge in [-0.05, 0) is 49.2 Å². The van der Waals surface area contributed by atoms with Crippen molar-refractivity contribution in [2.24, 2.45) is 0 Å². The molecule has 21 heavy (non-hydrogen) atoms. The van der Waals surface area contributed by atoms with Crippen molar-refractivity contribution in [3.8, 4) is 5.75 Å². The van der Waals surface area contributed by atoms with Crippen molar-refractivity contribution < 1.29 is 9.53 Å². The molecule has 2 N–H and O–H groups in total. The lowest BCUT2D eigenvalue weighted by Crippen LogP contribution is -2.29. The van der Waals surface area contributed by atoms with E-state index < -0.39 is 0 Å². The summed E-state index contributed by atoms with van der Waals surface area (Å²) >= 11 is 0. The summed E-state index contributed by atoms with van der Waals surface area (Å²) in [5.41, 5.74) is 10.2. The number of nitrogen functional groups attached to an aromatic ring is 1. The second-order valence-electron chi connectivity index (χ2n) is 5.30. The van der Waals surface area contributed by atoms with Crippen LogP contribution in [0.4, 0.5) is 11.4 Å². The third-order valence-corrected chi connectivity index (χ3v) is 3.83. The normalized spacial score (nSPS) is 13.1. The number of nitrogens with two attached hydrogens (primary N) is 1. The molecule has 0 aromatic heterocycles. The Morgan fingerprint density at radius 2 is 2.05 bits per heavy atom. The fraction of sp³-hybridized carbons (Fsp3) is 0.235. The van der Waals surface area contributed by atoms with Crippen molar-refractivity contribution in [1.82, 2.24) is 0 Å². The summed E-state index contributed by atoms with van der Waals surface area (Å²) < 4.78 is 5.32. The Balaban J connectivity index is 2.00. The molecule has 0 saturated heterocycles. The number of fused-ring (bicyclic) bond motifs is 1. The zero-order valence-electron chi connectivity index (χ0n) is 12.2. The van der Waals surface area contributed by atoms with Gasteiger partial charge in [0, 0.05) is 17.9 Å². The first-order chi connectivity index (χ1) is 10.1. The third-order valence-electron chi connectivity index (χ3n) is 3.83. The van der Waals surface area contributed by atoms with Crippen molar-refractivity contribution in [2.75, 3.05) is 24.3 Å². The summed E-state index contributed by atoms with van der Waals surface area (Å²) in [6.45, 7) is 2.64. The first-order valence-corrected chi connectivity index (χ1v) is 6.95. The molecule has 3 rings (SSSR count). The number of hydrogen-bond donors (Lipinski definition) is 1. The average molecular weight is 282 g/mol. The predicted octanol–water partition coefficient (Wildman–Crippen LogP) is 2.79. The van der Waals surface area contributed by atoms with Gasteiger partial charge in [-0.25, -0.2) is 0 Å². The Morgan fingerprint density at radius 1 is 1.24 bits per heavy atom. The zero-order chi connectivity index (χ0) is 15.0. The molecule has 1 amide bonds. The molecule has 2 aromatic rings. The molecule has 2 aromatic carbocycles. The van der Waals surface area contributed by atoms with Gasteiger partial charge in [0.05, 0.1) is 12.7 Å². The molecule has 0 saturated carbocycles. The van der Waals surface area contributed by atoms with Gasteiger partial charge in [-0.2, -0.15) is 0 Å². The molecule has 0 unspecified atom stereocenters. The molecule has 108 valence electrons. The van der Waals surface area contributed by atoms with Gasteiger partial charge in [0.15, 0.2) is 0 Å². The van der Waals surface area contributed by atoms with E-state index in [1.54, 1.807) is 12.0 Å². The van der Waals surface area contributed by atoms with Gasteiger partial charge in [0.25, 0.3) is 5.91 Å². The Bertz CT molecular complexity index is 710. The van der Waals surface area contributed by atoms with E-state index >= 15 is 0 Å². The first kappa shape index (κ1) is 13.5. The van der Waals surface area contributed by atoms with Crippen LogP contribution in [0.15, 0.2) is 36.4 Å². The highest BCUT2D eigenvalue weighted by Gasteiger charge is 2.27. The molecule has 4 nitrogen and oxygen atoms in total. The Labute approximate surface area is 124 Å². The monoisotopic (exact) mass is 282 g/mol. The molecule has 0 spiro atoms. The van der Waals surface area contributed by atoms with E-state index in [9.17, 15) is 4.79 Å². The first-order valence-electron chi connectivity index (χ1n) is 6.95. The summed E-state index contributed by atoms with van der Waals surface area (Å²) in [7, 11) is 1.58. The number of methoxy groups -OCH3 is 1. The average Bonchev–Trinajstić information content (AvgIpc) is 2.89. The van der Waals surface area contributed by atoms with Gasteiger partial charge >= 0.3 is 0 Å². The van der Waals surface area contributed by atoms with Gasteiger partial charge in [0.1, 0.15) is 5.75 Å². The quantitative estimate of drug-likeness (QED) is 0.862. The van der Waals surface area contributed by atoms with Crippen molar-refractivity contribution >= 4 is 17.3 Å². The molecule has 1 heterocycles. The number of carbonyl (C=O) groups excluding carboxylic acids is 1. The molecular weight excluding hydrogens is 264 g/mol. The second kappa shape index (κ2) is 5.13. The van der Waals surface area contributed by atoms with Gasteiger partial charge in [-0.1, -0.05) is 11.6 Å². The highest BCUT2D eigenvalue weighted by molar-refractivity contribution is 6.09. The van der Waals surface area contributed by atoms with Crippen LogP contribution in [0.2, 0.25) is 0 Å². The minimum atomic E-state index is -0.0286. The minimum Gasteiger partial charge on any atom is -0.496 e. The van der Waals surface area contributed by atoms with Crippen LogP contribution >= 0.6 is 0 Å². The number of rotatable bonds is 2. The number of hydrogen-bond acceptors (Lipinski definition) is 3. The van der Waals surface area contributed by atoms with E-state index in [-0.39, 0.29) is 5.91 Å². The van der Waals surface area contributed by atoms with Crippen LogP contribution < -0.4 is 15.4 Å². The van der Waals surface area contributed by atoms with Gasteiger partial charge in [-0.3, -0.25) is 4.79 Å². The van der Waals surface area contributed by atoms with Crippen LogP contribution in [-0.4, -0.2) is 19.6 Å². The number of aryl methyl sites for hydroxylation is 1.